The van der Waals surface area contributed by atoms with Gasteiger partial charge in [-0.25, -0.2) is 0 Å². The van der Waals surface area contributed by atoms with Gasteiger partial charge in [0.15, 0.2) is 0 Å². The molecule has 1 unspecified atom stereocenters. The maximum absolute atomic E-state index is 11.5. The highest BCUT2D eigenvalue weighted by Crippen LogP contribution is 2.28. The fourth-order valence-electron chi connectivity index (χ4n) is 2.22. The number of carbonyl (C=O) groups excluding carboxylic acids is 1. The van der Waals surface area contributed by atoms with Gasteiger partial charge in [-0.15, -0.1) is 0 Å². The Kier molecular flexibility index (Phi) is 6.34. The number of nitrogens with two attached hydrogens (primary N) is 1. The van der Waals surface area contributed by atoms with E-state index in [0.29, 0.717) is 0 Å². The van der Waals surface area contributed by atoms with Crippen LogP contribution in [0.4, 0.5) is 0 Å². The summed E-state index contributed by atoms with van der Waals surface area (Å²) in [5, 5.41) is 3.28. The van der Waals surface area contributed by atoms with Crippen LogP contribution in [-0.2, 0) is 4.79 Å². The van der Waals surface area contributed by atoms with E-state index in [0.717, 1.165) is 24.6 Å². The van der Waals surface area contributed by atoms with Gasteiger partial charge in [-0.2, -0.15) is 11.8 Å². The normalized spacial score (nSPS) is 20.4. The fourth-order valence-corrected chi connectivity index (χ4v) is 3.65. The van der Waals surface area contributed by atoms with Crippen molar-refractivity contribution in [2.75, 3.05) is 18.1 Å². The highest BCUT2D eigenvalue weighted by Gasteiger charge is 2.30. The van der Waals surface area contributed by atoms with E-state index in [1.165, 1.54) is 31.4 Å². The Balaban J connectivity index is 2.30. The van der Waals surface area contributed by atoms with Gasteiger partial charge in [-0.05, 0) is 44.4 Å². The predicted molar refractivity (Wildman–Crippen MR) is 75.2 cm³/mol. The summed E-state index contributed by atoms with van der Waals surface area (Å²) in [6.45, 7) is 4.87. The molecule has 3 N–H and O–H groups in total. The van der Waals surface area contributed by atoms with Crippen molar-refractivity contribution in [3.63, 3.8) is 0 Å². The van der Waals surface area contributed by atoms with Gasteiger partial charge < -0.3 is 11.1 Å². The minimum absolute atomic E-state index is 0.232. The van der Waals surface area contributed by atoms with Crippen LogP contribution >= 0.6 is 11.8 Å². The Bertz CT molecular complexity index is 242. The second-order valence-corrected chi connectivity index (χ2v) is 6.32. The summed E-state index contributed by atoms with van der Waals surface area (Å²) in [5.41, 5.74) is 4.95. The molecule has 1 fully saturated rings. The van der Waals surface area contributed by atoms with Gasteiger partial charge in [0.1, 0.15) is 5.54 Å². The molecule has 1 aliphatic rings. The first-order valence-corrected chi connectivity index (χ1v) is 7.86. The molecule has 3 nitrogen and oxygen atoms in total. The minimum Gasteiger partial charge on any atom is -0.368 e. The number of hydrogen-bond donors (Lipinski definition) is 2. The lowest BCUT2D eigenvalue weighted by atomic mass is 10.0. The van der Waals surface area contributed by atoms with Gasteiger partial charge in [-0.3, -0.25) is 4.79 Å². The van der Waals surface area contributed by atoms with E-state index >= 15 is 0 Å². The molecule has 100 valence electrons. The van der Waals surface area contributed by atoms with Crippen molar-refractivity contribution in [2.45, 2.75) is 51.5 Å². The van der Waals surface area contributed by atoms with Crippen LogP contribution in [0.1, 0.15) is 46.0 Å². The lowest BCUT2D eigenvalue weighted by Crippen LogP contribution is -2.55. The van der Waals surface area contributed by atoms with Crippen LogP contribution in [-0.4, -0.2) is 29.5 Å². The molecule has 0 bridgehead atoms. The summed E-state index contributed by atoms with van der Waals surface area (Å²) in [4.78, 5) is 11.5. The molecule has 0 heterocycles. The Labute approximate surface area is 109 Å². The third kappa shape index (κ3) is 4.88. The fraction of sp³-hybridized carbons (Fsp3) is 0.923. The standard InChI is InChI=1S/C13H26N2OS/c1-3-8-15-13(2,12(14)16)10-17-9-11-6-4-5-7-11/h11,15H,3-10H2,1-2H3,(H2,14,16). The molecule has 0 spiro atoms. The monoisotopic (exact) mass is 258 g/mol. The van der Waals surface area contributed by atoms with E-state index < -0.39 is 5.54 Å². The maximum Gasteiger partial charge on any atom is 0.238 e. The lowest BCUT2D eigenvalue weighted by Gasteiger charge is -2.27. The number of hydrogen-bond acceptors (Lipinski definition) is 3. The third-order valence-electron chi connectivity index (χ3n) is 3.53. The largest absolute Gasteiger partial charge is 0.368 e. The van der Waals surface area contributed by atoms with Crippen LogP contribution < -0.4 is 11.1 Å². The van der Waals surface area contributed by atoms with Crippen LogP contribution in [0.2, 0.25) is 0 Å². The zero-order chi connectivity index (χ0) is 12.7. The number of rotatable bonds is 8. The quantitative estimate of drug-likeness (QED) is 0.701. The molecule has 1 saturated carbocycles. The van der Waals surface area contributed by atoms with E-state index in [1.54, 1.807) is 0 Å². The average molecular weight is 258 g/mol. The zero-order valence-corrected chi connectivity index (χ0v) is 11.9. The molecule has 1 rings (SSSR count). The molecule has 0 aromatic carbocycles. The number of amides is 1. The van der Waals surface area contributed by atoms with Gasteiger partial charge in [0.2, 0.25) is 5.91 Å². The molecule has 1 atom stereocenters. The molecule has 0 aromatic rings. The van der Waals surface area contributed by atoms with Crippen LogP contribution in [0.15, 0.2) is 0 Å². The highest BCUT2D eigenvalue weighted by atomic mass is 32.2. The summed E-state index contributed by atoms with van der Waals surface area (Å²) < 4.78 is 0. The summed E-state index contributed by atoms with van der Waals surface area (Å²) in [7, 11) is 0. The second kappa shape index (κ2) is 7.27. The zero-order valence-electron chi connectivity index (χ0n) is 11.1. The molecule has 1 amide bonds. The number of nitrogens with one attached hydrogen (secondary N) is 1. The van der Waals surface area contributed by atoms with Crippen molar-refractivity contribution >= 4 is 17.7 Å². The predicted octanol–water partition coefficient (Wildman–Crippen LogP) is 2.15. The maximum atomic E-state index is 11.5. The van der Waals surface area contributed by atoms with Gasteiger partial charge >= 0.3 is 0 Å². The van der Waals surface area contributed by atoms with Crippen LogP contribution in [0.3, 0.4) is 0 Å². The molecule has 0 aromatic heterocycles. The molecule has 17 heavy (non-hydrogen) atoms. The summed E-state index contributed by atoms with van der Waals surface area (Å²) >= 11 is 1.87. The van der Waals surface area contributed by atoms with Crippen molar-refractivity contribution in [2.24, 2.45) is 11.7 Å². The summed E-state index contributed by atoms with van der Waals surface area (Å²) in [6, 6.07) is 0. The molecular formula is C13H26N2OS. The van der Waals surface area contributed by atoms with E-state index in [4.69, 9.17) is 5.73 Å². The van der Waals surface area contributed by atoms with Crippen molar-refractivity contribution in [1.29, 1.82) is 0 Å². The number of thioether (sulfide) groups is 1. The van der Waals surface area contributed by atoms with E-state index in [2.05, 4.69) is 12.2 Å². The van der Waals surface area contributed by atoms with Gasteiger partial charge in [-0.1, -0.05) is 19.8 Å². The summed E-state index contributed by atoms with van der Waals surface area (Å²) in [6.07, 6.45) is 6.51. The highest BCUT2D eigenvalue weighted by molar-refractivity contribution is 7.99. The van der Waals surface area contributed by atoms with Crippen molar-refractivity contribution in [1.82, 2.24) is 5.32 Å². The topological polar surface area (TPSA) is 55.1 Å². The number of carbonyl (C=O) groups is 1. The van der Waals surface area contributed by atoms with Crippen LogP contribution in [0, 0.1) is 5.92 Å². The molecule has 1 aliphatic carbocycles. The molecule has 0 aliphatic heterocycles. The Hall–Kier alpha value is -0.220. The average Bonchev–Trinajstić information content (AvgIpc) is 2.79. The van der Waals surface area contributed by atoms with Gasteiger partial charge in [0.25, 0.3) is 0 Å². The first-order valence-electron chi connectivity index (χ1n) is 6.71. The van der Waals surface area contributed by atoms with E-state index in [1.807, 2.05) is 18.7 Å². The van der Waals surface area contributed by atoms with Crippen LogP contribution in [0.25, 0.3) is 0 Å². The van der Waals surface area contributed by atoms with Gasteiger partial charge in [0, 0.05) is 5.75 Å². The van der Waals surface area contributed by atoms with E-state index in [-0.39, 0.29) is 5.91 Å². The smallest absolute Gasteiger partial charge is 0.238 e. The SMILES string of the molecule is CCCNC(C)(CSCC1CCCC1)C(N)=O. The minimum atomic E-state index is -0.542. The summed E-state index contributed by atoms with van der Waals surface area (Å²) in [5.74, 6) is 2.60. The first-order chi connectivity index (χ1) is 8.08. The second-order valence-electron chi connectivity index (χ2n) is 5.29. The third-order valence-corrected chi connectivity index (χ3v) is 5.02. The molecule has 4 heteroatoms. The Morgan fingerprint density at radius 2 is 2.12 bits per heavy atom. The molecular weight excluding hydrogens is 232 g/mol. The Morgan fingerprint density at radius 3 is 2.65 bits per heavy atom. The van der Waals surface area contributed by atoms with Crippen molar-refractivity contribution < 1.29 is 4.79 Å². The van der Waals surface area contributed by atoms with Crippen molar-refractivity contribution in [3.05, 3.63) is 0 Å². The molecule has 0 radical (unpaired) electrons. The van der Waals surface area contributed by atoms with Crippen molar-refractivity contribution in [3.8, 4) is 0 Å². The lowest BCUT2D eigenvalue weighted by molar-refractivity contribution is -0.122. The van der Waals surface area contributed by atoms with E-state index in [9.17, 15) is 4.79 Å². The Morgan fingerprint density at radius 1 is 1.47 bits per heavy atom. The first kappa shape index (κ1) is 14.8. The van der Waals surface area contributed by atoms with Gasteiger partial charge in [0.05, 0.1) is 0 Å². The van der Waals surface area contributed by atoms with Crippen LogP contribution in [0.5, 0.6) is 0 Å². The number of primary amides is 1. The molecule has 0 saturated heterocycles.